The molecule has 5 nitrogen and oxygen atoms in total. The van der Waals surface area contributed by atoms with Gasteiger partial charge in [0.1, 0.15) is 5.15 Å². The predicted octanol–water partition coefficient (Wildman–Crippen LogP) is 3.70. The van der Waals surface area contributed by atoms with Crippen molar-refractivity contribution in [2.45, 2.75) is 6.92 Å². The van der Waals surface area contributed by atoms with Crippen molar-refractivity contribution in [3.63, 3.8) is 0 Å². The molecule has 0 aliphatic carbocycles. The third kappa shape index (κ3) is 2.40. The number of methoxy groups -OCH3 is 1. The number of hydrogen-bond acceptors (Lipinski definition) is 4. The Morgan fingerprint density at radius 2 is 1.91 bits per heavy atom. The second kappa shape index (κ2) is 5.69. The molecule has 112 valence electrons. The number of anilines is 3. The Kier molecular flexibility index (Phi) is 3.73. The van der Waals surface area contributed by atoms with Crippen LogP contribution in [0.3, 0.4) is 0 Å². The summed E-state index contributed by atoms with van der Waals surface area (Å²) in [5, 5.41) is 3.16. The number of amides is 1. The average molecular weight is 316 g/mol. The maximum atomic E-state index is 12.3. The van der Waals surface area contributed by atoms with Gasteiger partial charge in [0.25, 0.3) is 5.91 Å². The molecule has 1 aliphatic rings. The lowest BCUT2D eigenvalue weighted by molar-refractivity contribution is -0.113. The monoisotopic (exact) mass is 315 g/mol. The third-order valence-electron chi connectivity index (χ3n) is 3.37. The van der Waals surface area contributed by atoms with Crippen LogP contribution in [0.5, 0.6) is 0 Å². The quantitative estimate of drug-likeness (QED) is 0.858. The minimum atomic E-state index is -0.236. The van der Waals surface area contributed by atoms with Crippen molar-refractivity contribution >= 4 is 34.7 Å². The highest BCUT2D eigenvalue weighted by molar-refractivity contribution is 6.29. The summed E-state index contributed by atoms with van der Waals surface area (Å²) in [4.78, 5) is 18.4. The van der Waals surface area contributed by atoms with E-state index in [1.54, 1.807) is 24.0 Å². The zero-order valence-corrected chi connectivity index (χ0v) is 12.9. The highest BCUT2D eigenvalue weighted by Gasteiger charge is 2.29. The van der Waals surface area contributed by atoms with Gasteiger partial charge in [-0.1, -0.05) is 29.8 Å². The number of fused-ring (bicyclic) bond motifs is 1. The zero-order chi connectivity index (χ0) is 15.7. The van der Waals surface area contributed by atoms with Crippen molar-refractivity contribution in [1.82, 2.24) is 4.98 Å². The maximum absolute atomic E-state index is 12.3. The Balaban J connectivity index is 2.29. The predicted molar refractivity (Wildman–Crippen MR) is 86.2 cm³/mol. The van der Waals surface area contributed by atoms with Crippen LogP contribution in [-0.4, -0.2) is 18.0 Å². The van der Waals surface area contributed by atoms with Crippen LogP contribution in [0.4, 0.5) is 17.2 Å². The standard InChI is InChI=1S/C16H14ClN3O2/c1-10-15(21)18-12-8-9-13(17)19-14(12)20(16(10)22-2)11-6-4-3-5-7-11/h3-9H,1-2H3,(H,18,21). The van der Waals surface area contributed by atoms with Crippen molar-refractivity contribution < 1.29 is 9.53 Å². The van der Waals surface area contributed by atoms with Crippen molar-refractivity contribution in [1.29, 1.82) is 0 Å². The molecule has 0 spiro atoms. The molecule has 0 unspecified atom stereocenters. The molecule has 22 heavy (non-hydrogen) atoms. The van der Waals surface area contributed by atoms with Crippen LogP contribution in [-0.2, 0) is 9.53 Å². The van der Waals surface area contributed by atoms with E-state index in [-0.39, 0.29) is 5.91 Å². The van der Waals surface area contributed by atoms with Crippen molar-refractivity contribution in [2.24, 2.45) is 0 Å². The van der Waals surface area contributed by atoms with Gasteiger partial charge in [0.15, 0.2) is 5.82 Å². The van der Waals surface area contributed by atoms with Crippen LogP contribution >= 0.6 is 11.6 Å². The van der Waals surface area contributed by atoms with Gasteiger partial charge in [0.2, 0.25) is 5.88 Å². The highest BCUT2D eigenvalue weighted by atomic mass is 35.5. The summed E-state index contributed by atoms with van der Waals surface area (Å²) >= 11 is 6.04. The molecule has 0 bridgehead atoms. The SMILES string of the molecule is COC1=C(C)C(=O)Nc2ccc(Cl)nc2N1c1ccccc1. The molecule has 6 heteroatoms. The topological polar surface area (TPSA) is 54.5 Å². The number of nitrogens with zero attached hydrogens (tertiary/aromatic N) is 2. The molecular formula is C16H14ClN3O2. The third-order valence-corrected chi connectivity index (χ3v) is 3.58. The highest BCUT2D eigenvalue weighted by Crippen LogP contribution is 2.38. The summed E-state index contributed by atoms with van der Waals surface area (Å²) in [6, 6.07) is 12.9. The fraction of sp³-hybridized carbons (Fsp3) is 0.125. The van der Waals surface area contributed by atoms with Gasteiger partial charge in [-0.05, 0) is 31.2 Å². The largest absolute Gasteiger partial charge is 0.482 e. The van der Waals surface area contributed by atoms with Gasteiger partial charge in [0, 0.05) is 0 Å². The number of carbonyl (C=O) groups excluding carboxylic acids is 1. The van der Waals surface area contributed by atoms with Gasteiger partial charge >= 0.3 is 0 Å². The molecule has 0 radical (unpaired) electrons. The maximum Gasteiger partial charge on any atom is 0.256 e. The normalized spacial score (nSPS) is 14.3. The van der Waals surface area contributed by atoms with Crippen LogP contribution < -0.4 is 10.2 Å². The van der Waals surface area contributed by atoms with Crippen molar-refractivity contribution in [3.05, 3.63) is 59.1 Å². The number of para-hydroxylation sites is 1. The number of carbonyl (C=O) groups is 1. The lowest BCUT2D eigenvalue weighted by Crippen LogP contribution is -2.20. The van der Waals surface area contributed by atoms with E-state index in [0.29, 0.717) is 28.1 Å². The molecule has 3 rings (SSSR count). The summed E-state index contributed by atoms with van der Waals surface area (Å²) in [6.07, 6.45) is 0. The number of halogens is 1. The van der Waals surface area contributed by atoms with E-state index in [2.05, 4.69) is 10.3 Å². The molecule has 0 fully saturated rings. The second-order valence-corrected chi connectivity index (χ2v) is 5.15. The number of hydrogen-bond donors (Lipinski definition) is 1. The molecule has 0 saturated carbocycles. The van der Waals surface area contributed by atoms with E-state index in [0.717, 1.165) is 5.69 Å². The van der Waals surface area contributed by atoms with Crippen molar-refractivity contribution in [3.8, 4) is 0 Å². The first kappa shape index (κ1) is 14.4. The van der Waals surface area contributed by atoms with Crippen LogP contribution in [0.2, 0.25) is 5.15 Å². The van der Waals surface area contributed by atoms with Gasteiger partial charge in [-0.25, -0.2) is 4.98 Å². The summed E-state index contributed by atoms with van der Waals surface area (Å²) in [5.41, 5.74) is 1.86. The Morgan fingerprint density at radius 1 is 1.18 bits per heavy atom. The van der Waals surface area contributed by atoms with Crippen LogP contribution in [0.25, 0.3) is 0 Å². The van der Waals surface area contributed by atoms with Crippen LogP contribution in [0.1, 0.15) is 6.92 Å². The van der Waals surface area contributed by atoms with E-state index in [4.69, 9.17) is 16.3 Å². The number of benzene rings is 1. The molecule has 2 heterocycles. The van der Waals surface area contributed by atoms with E-state index in [1.807, 2.05) is 30.3 Å². The van der Waals surface area contributed by atoms with E-state index < -0.39 is 0 Å². The smallest absolute Gasteiger partial charge is 0.256 e. The zero-order valence-electron chi connectivity index (χ0n) is 12.1. The summed E-state index contributed by atoms with van der Waals surface area (Å²) in [6.45, 7) is 1.71. The van der Waals surface area contributed by atoms with Gasteiger partial charge in [-0.15, -0.1) is 0 Å². The lowest BCUT2D eigenvalue weighted by atomic mass is 10.2. The van der Waals surface area contributed by atoms with Gasteiger partial charge in [-0.3, -0.25) is 9.69 Å². The summed E-state index contributed by atoms with van der Waals surface area (Å²) < 4.78 is 5.48. The Morgan fingerprint density at radius 3 is 2.59 bits per heavy atom. The molecular weight excluding hydrogens is 302 g/mol. The molecule has 2 aromatic rings. The first-order chi connectivity index (χ1) is 10.6. The average Bonchev–Trinajstić information content (AvgIpc) is 2.63. The Hall–Kier alpha value is -2.53. The number of nitrogens with one attached hydrogen (secondary N) is 1. The first-order valence-corrected chi connectivity index (χ1v) is 7.07. The summed E-state index contributed by atoms with van der Waals surface area (Å²) in [5.74, 6) is 0.693. The number of pyridine rings is 1. The molecule has 1 amide bonds. The first-order valence-electron chi connectivity index (χ1n) is 6.69. The van der Waals surface area contributed by atoms with Gasteiger partial charge in [0.05, 0.1) is 24.1 Å². The molecule has 0 saturated heterocycles. The van der Waals surface area contributed by atoms with Gasteiger partial charge in [-0.2, -0.15) is 0 Å². The van der Waals surface area contributed by atoms with E-state index >= 15 is 0 Å². The molecule has 1 aliphatic heterocycles. The minimum Gasteiger partial charge on any atom is -0.482 e. The summed E-state index contributed by atoms with van der Waals surface area (Å²) in [7, 11) is 1.53. The van der Waals surface area contributed by atoms with Gasteiger partial charge < -0.3 is 10.1 Å². The van der Waals surface area contributed by atoms with E-state index in [1.165, 1.54) is 7.11 Å². The lowest BCUT2D eigenvalue weighted by Gasteiger charge is -2.25. The fourth-order valence-corrected chi connectivity index (χ4v) is 2.47. The van der Waals surface area contributed by atoms with Crippen LogP contribution in [0, 0.1) is 0 Å². The fourth-order valence-electron chi connectivity index (χ4n) is 2.33. The Bertz CT molecular complexity index is 759. The molecule has 0 atom stereocenters. The molecule has 1 aromatic carbocycles. The van der Waals surface area contributed by atoms with Crippen LogP contribution in [0.15, 0.2) is 53.9 Å². The Labute approximate surface area is 133 Å². The number of ether oxygens (including phenoxy) is 1. The molecule has 1 N–H and O–H groups in total. The molecule has 1 aromatic heterocycles. The van der Waals surface area contributed by atoms with Crippen molar-refractivity contribution in [2.75, 3.05) is 17.3 Å². The second-order valence-electron chi connectivity index (χ2n) is 4.76. The number of rotatable bonds is 2. The minimum absolute atomic E-state index is 0.236. The van der Waals surface area contributed by atoms with E-state index in [9.17, 15) is 4.79 Å². The number of aromatic nitrogens is 1.